The summed E-state index contributed by atoms with van der Waals surface area (Å²) in [4.78, 5) is 35.8. The Labute approximate surface area is 174 Å². The molecule has 0 heterocycles. The van der Waals surface area contributed by atoms with Crippen LogP contribution in [0.15, 0.2) is 36.4 Å². The maximum atomic E-state index is 12.7. The van der Waals surface area contributed by atoms with E-state index in [9.17, 15) is 14.4 Å². The zero-order valence-corrected chi connectivity index (χ0v) is 17.3. The smallest absolute Gasteiger partial charge is 0.258 e. The average Bonchev–Trinajstić information content (AvgIpc) is 2.71. The SMILES string of the molecule is COc1ccc(C(N)=O)cc1NC(=O)c1ccc(OCC(=O)NC(C)C)c(OC)c1. The number of methoxy groups -OCH3 is 2. The highest BCUT2D eigenvalue weighted by Gasteiger charge is 2.15. The Kier molecular flexibility index (Phi) is 7.62. The molecule has 30 heavy (non-hydrogen) atoms. The standard InChI is InChI=1S/C21H25N3O6/c1-12(2)23-19(25)11-30-17-8-6-14(10-18(17)29-4)21(27)24-15-9-13(20(22)26)5-7-16(15)28-3/h5-10,12H,11H2,1-4H3,(H2,22,26)(H,23,25)(H,24,27). The van der Waals surface area contributed by atoms with Gasteiger partial charge in [0.25, 0.3) is 11.8 Å². The van der Waals surface area contributed by atoms with E-state index in [1.54, 1.807) is 0 Å². The highest BCUT2D eigenvalue weighted by Crippen LogP contribution is 2.30. The lowest BCUT2D eigenvalue weighted by molar-refractivity contribution is -0.123. The van der Waals surface area contributed by atoms with E-state index in [1.165, 1.54) is 50.6 Å². The van der Waals surface area contributed by atoms with Crippen LogP contribution in [-0.4, -0.2) is 44.6 Å². The molecule has 2 aromatic carbocycles. The fourth-order valence-corrected chi connectivity index (χ4v) is 2.59. The highest BCUT2D eigenvalue weighted by molar-refractivity contribution is 6.06. The first-order chi connectivity index (χ1) is 14.2. The number of rotatable bonds is 9. The average molecular weight is 415 g/mol. The molecule has 0 radical (unpaired) electrons. The van der Waals surface area contributed by atoms with Crippen molar-refractivity contribution < 1.29 is 28.6 Å². The van der Waals surface area contributed by atoms with Crippen molar-refractivity contribution in [1.82, 2.24) is 5.32 Å². The molecule has 0 fully saturated rings. The number of primary amides is 1. The van der Waals surface area contributed by atoms with Crippen molar-refractivity contribution in [3.05, 3.63) is 47.5 Å². The number of nitrogens with two attached hydrogens (primary N) is 1. The fourth-order valence-electron chi connectivity index (χ4n) is 2.59. The van der Waals surface area contributed by atoms with Gasteiger partial charge >= 0.3 is 0 Å². The third kappa shape index (κ3) is 5.87. The van der Waals surface area contributed by atoms with Gasteiger partial charge < -0.3 is 30.6 Å². The summed E-state index contributed by atoms with van der Waals surface area (Å²) in [6.07, 6.45) is 0. The largest absolute Gasteiger partial charge is 0.495 e. The van der Waals surface area contributed by atoms with Crippen LogP contribution in [-0.2, 0) is 4.79 Å². The lowest BCUT2D eigenvalue weighted by Crippen LogP contribution is -2.34. The fraction of sp³-hybridized carbons (Fsp3) is 0.286. The molecule has 0 aromatic heterocycles. The number of anilines is 1. The Morgan fingerprint density at radius 1 is 0.933 bits per heavy atom. The van der Waals surface area contributed by atoms with Crippen LogP contribution in [0.3, 0.4) is 0 Å². The Balaban J connectivity index is 2.18. The topological polar surface area (TPSA) is 129 Å². The molecule has 0 aliphatic rings. The monoisotopic (exact) mass is 415 g/mol. The van der Waals surface area contributed by atoms with Crippen molar-refractivity contribution >= 4 is 23.4 Å². The predicted molar refractivity (Wildman–Crippen MR) is 111 cm³/mol. The van der Waals surface area contributed by atoms with Gasteiger partial charge in [0.15, 0.2) is 18.1 Å². The van der Waals surface area contributed by atoms with E-state index in [1.807, 2.05) is 13.8 Å². The van der Waals surface area contributed by atoms with Gasteiger partial charge in [0, 0.05) is 17.2 Å². The van der Waals surface area contributed by atoms with Crippen LogP contribution < -0.4 is 30.6 Å². The van der Waals surface area contributed by atoms with Gasteiger partial charge in [-0.25, -0.2) is 0 Å². The molecule has 9 nitrogen and oxygen atoms in total. The van der Waals surface area contributed by atoms with Gasteiger partial charge in [0.1, 0.15) is 5.75 Å². The molecule has 2 aromatic rings. The molecule has 3 amide bonds. The molecule has 0 spiro atoms. The van der Waals surface area contributed by atoms with Gasteiger partial charge in [0.05, 0.1) is 19.9 Å². The van der Waals surface area contributed by atoms with Crippen LogP contribution in [0.1, 0.15) is 34.6 Å². The summed E-state index contributed by atoms with van der Waals surface area (Å²) in [6.45, 7) is 3.51. The molecule has 0 atom stereocenters. The van der Waals surface area contributed by atoms with Crippen LogP contribution in [0, 0.1) is 0 Å². The molecule has 160 valence electrons. The first-order valence-corrected chi connectivity index (χ1v) is 9.14. The molecule has 0 saturated carbocycles. The van der Waals surface area contributed by atoms with E-state index in [2.05, 4.69) is 10.6 Å². The first-order valence-electron chi connectivity index (χ1n) is 9.14. The Morgan fingerprint density at radius 2 is 1.57 bits per heavy atom. The first kappa shape index (κ1) is 22.5. The summed E-state index contributed by atoms with van der Waals surface area (Å²) >= 11 is 0. The second kappa shape index (κ2) is 10.1. The van der Waals surface area contributed by atoms with Crippen LogP contribution in [0.4, 0.5) is 5.69 Å². The molecule has 9 heteroatoms. The van der Waals surface area contributed by atoms with Crippen molar-refractivity contribution in [3.63, 3.8) is 0 Å². The number of hydrogen-bond acceptors (Lipinski definition) is 6. The minimum Gasteiger partial charge on any atom is -0.495 e. The van der Waals surface area contributed by atoms with Gasteiger partial charge in [-0.1, -0.05) is 0 Å². The minimum atomic E-state index is -0.627. The number of benzene rings is 2. The summed E-state index contributed by atoms with van der Waals surface area (Å²) in [5.41, 5.74) is 6.09. The van der Waals surface area contributed by atoms with Crippen LogP contribution in [0.25, 0.3) is 0 Å². The highest BCUT2D eigenvalue weighted by atomic mass is 16.5. The predicted octanol–water partition coefficient (Wildman–Crippen LogP) is 1.96. The summed E-state index contributed by atoms with van der Waals surface area (Å²) in [7, 11) is 2.87. The molecular formula is C21H25N3O6. The van der Waals surface area contributed by atoms with E-state index in [-0.39, 0.29) is 35.4 Å². The number of carbonyl (C=O) groups is 3. The second-order valence-electron chi connectivity index (χ2n) is 6.61. The zero-order valence-electron chi connectivity index (χ0n) is 17.3. The van der Waals surface area contributed by atoms with E-state index < -0.39 is 11.8 Å². The second-order valence-corrected chi connectivity index (χ2v) is 6.61. The summed E-state index contributed by atoms with van der Waals surface area (Å²) in [6, 6.07) is 9.01. The molecule has 4 N–H and O–H groups in total. The lowest BCUT2D eigenvalue weighted by Gasteiger charge is -2.14. The Morgan fingerprint density at radius 3 is 2.17 bits per heavy atom. The number of carbonyl (C=O) groups excluding carboxylic acids is 3. The number of nitrogens with one attached hydrogen (secondary N) is 2. The maximum Gasteiger partial charge on any atom is 0.258 e. The number of hydrogen-bond donors (Lipinski definition) is 3. The molecule has 0 aliphatic carbocycles. The van der Waals surface area contributed by atoms with E-state index in [0.29, 0.717) is 17.2 Å². The van der Waals surface area contributed by atoms with Crippen LogP contribution in [0.5, 0.6) is 17.2 Å². The van der Waals surface area contributed by atoms with Crippen molar-refractivity contribution in [2.24, 2.45) is 5.73 Å². The van der Waals surface area contributed by atoms with Gasteiger partial charge in [-0.2, -0.15) is 0 Å². The number of amides is 3. The lowest BCUT2D eigenvalue weighted by atomic mass is 10.1. The summed E-state index contributed by atoms with van der Waals surface area (Å²) in [5, 5.41) is 5.40. The van der Waals surface area contributed by atoms with Gasteiger partial charge in [-0.05, 0) is 50.2 Å². The summed E-state index contributed by atoms with van der Waals surface area (Å²) < 4.78 is 16.0. The normalized spacial score (nSPS) is 10.3. The van der Waals surface area contributed by atoms with Gasteiger partial charge in [-0.15, -0.1) is 0 Å². The molecule has 2 rings (SSSR count). The third-order valence-electron chi connectivity index (χ3n) is 3.97. The Hall–Kier alpha value is -3.75. The van der Waals surface area contributed by atoms with E-state index in [4.69, 9.17) is 19.9 Å². The van der Waals surface area contributed by atoms with Crippen LogP contribution >= 0.6 is 0 Å². The molecule has 0 unspecified atom stereocenters. The quantitative estimate of drug-likeness (QED) is 0.574. The van der Waals surface area contributed by atoms with Gasteiger partial charge in [0.2, 0.25) is 5.91 Å². The minimum absolute atomic E-state index is 0.000809. The zero-order chi connectivity index (χ0) is 22.3. The number of ether oxygens (including phenoxy) is 3. The third-order valence-corrected chi connectivity index (χ3v) is 3.97. The Bertz CT molecular complexity index is 942. The van der Waals surface area contributed by atoms with E-state index in [0.717, 1.165) is 0 Å². The van der Waals surface area contributed by atoms with Crippen molar-refractivity contribution in [2.45, 2.75) is 19.9 Å². The molecule has 0 bridgehead atoms. The van der Waals surface area contributed by atoms with Crippen molar-refractivity contribution in [3.8, 4) is 17.2 Å². The summed E-state index contributed by atoms with van der Waals surface area (Å²) in [5.74, 6) is -0.374. The molecule has 0 saturated heterocycles. The van der Waals surface area contributed by atoms with Crippen molar-refractivity contribution in [2.75, 3.05) is 26.1 Å². The molecular weight excluding hydrogens is 390 g/mol. The van der Waals surface area contributed by atoms with Gasteiger partial charge in [-0.3, -0.25) is 14.4 Å². The van der Waals surface area contributed by atoms with Crippen molar-refractivity contribution in [1.29, 1.82) is 0 Å². The maximum absolute atomic E-state index is 12.7. The van der Waals surface area contributed by atoms with Crippen LogP contribution in [0.2, 0.25) is 0 Å². The molecule has 0 aliphatic heterocycles. The van der Waals surface area contributed by atoms with E-state index >= 15 is 0 Å².